The molecule has 1 atom stereocenters. The summed E-state index contributed by atoms with van der Waals surface area (Å²) in [5.74, 6) is 3.00. The summed E-state index contributed by atoms with van der Waals surface area (Å²) in [6, 6.07) is 13.1. The van der Waals surface area contributed by atoms with Gasteiger partial charge in [0.15, 0.2) is 16.6 Å². The van der Waals surface area contributed by atoms with E-state index in [1.807, 2.05) is 68.1 Å². The summed E-state index contributed by atoms with van der Waals surface area (Å²) in [5.41, 5.74) is 3.58. The number of ether oxygens (including phenoxy) is 3. The van der Waals surface area contributed by atoms with Crippen LogP contribution >= 0.6 is 12.2 Å². The standard InChI is InChI=1S/C25H28N4O4S/c1-6-29-15(3)21(22(26-25(29)34)17-10-13-19(30-4)20(14-17)31-5)24-27-23(28-33-24)16-8-11-18(12-9-16)32-7-2/h8-14,22H,6-7H2,1-5H3,(H,26,34). The monoisotopic (exact) mass is 480 g/mol. The molecule has 2 heterocycles. The molecule has 2 aromatic carbocycles. The van der Waals surface area contributed by atoms with Crippen LogP contribution in [0.25, 0.3) is 17.0 Å². The molecule has 178 valence electrons. The van der Waals surface area contributed by atoms with Crippen molar-refractivity contribution in [2.24, 2.45) is 0 Å². The van der Waals surface area contributed by atoms with Crippen molar-refractivity contribution in [3.05, 3.63) is 59.6 Å². The third-order valence-electron chi connectivity index (χ3n) is 5.73. The number of nitrogens with zero attached hydrogens (tertiary/aromatic N) is 3. The van der Waals surface area contributed by atoms with Crippen molar-refractivity contribution in [1.29, 1.82) is 0 Å². The molecule has 9 heteroatoms. The number of allylic oxidation sites excluding steroid dienone is 1. The minimum atomic E-state index is -0.302. The zero-order valence-electron chi connectivity index (χ0n) is 19.9. The third-order valence-corrected chi connectivity index (χ3v) is 6.07. The zero-order valence-corrected chi connectivity index (χ0v) is 20.7. The summed E-state index contributed by atoms with van der Waals surface area (Å²) in [5, 5.41) is 8.31. The van der Waals surface area contributed by atoms with E-state index in [-0.39, 0.29) is 6.04 Å². The van der Waals surface area contributed by atoms with Crippen molar-refractivity contribution in [2.45, 2.75) is 26.8 Å². The van der Waals surface area contributed by atoms with Crippen molar-refractivity contribution in [1.82, 2.24) is 20.4 Å². The summed E-state index contributed by atoms with van der Waals surface area (Å²) < 4.78 is 22.2. The number of rotatable bonds is 8. The summed E-state index contributed by atoms with van der Waals surface area (Å²) in [7, 11) is 3.23. The van der Waals surface area contributed by atoms with E-state index >= 15 is 0 Å². The molecule has 0 aliphatic carbocycles. The number of hydrogen-bond donors (Lipinski definition) is 1. The van der Waals surface area contributed by atoms with Gasteiger partial charge in [0.05, 0.1) is 32.4 Å². The number of hydrogen-bond acceptors (Lipinski definition) is 7. The Balaban J connectivity index is 1.76. The Hall–Kier alpha value is -3.59. The van der Waals surface area contributed by atoms with Gasteiger partial charge in [-0.05, 0) is 75.0 Å². The highest BCUT2D eigenvalue weighted by Gasteiger charge is 2.34. The fourth-order valence-corrected chi connectivity index (χ4v) is 4.42. The predicted molar refractivity (Wildman–Crippen MR) is 134 cm³/mol. The van der Waals surface area contributed by atoms with E-state index in [2.05, 4.69) is 10.5 Å². The smallest absolute Gasteiger partial charge is 0.258 e. The molecule has 0 spiro atoms. The minimum Gasteiger partial charge on any atom is -0.494 e. The van der Waals surface area contributed by atoms with E-state index in [0.29, 0.717) is 41.5 Å². The summed E-state index contributed by atoms with van der Waals surface area (Å²) in [6.45, 7) is 7.33. The Bertz CT molecular complexity index is 1210. The van der Waals surface area contributed by atoms with Gasteiger partial charge in [0, 0.05) is 17.8 Å². The first kappa shape index (κ1) is 23.6. The summed E-state index contributed by atoms with van der Waals surface area (Å²) in [4.78, 5) is 6.75. The van der Waals surface area contributed by atoms with Gasteiger partial charge < -0.3 is 29.0 Å². The molecule has 3 aromatic rings. The van der Waals surface area contributed by atoms with E-state index in [1.54, 1.807) is 14.2 Å². The second-order valence-corrected chi connectivity index (χ2v) is 8.01. The van der Waals surface area contributed by atoms with Crippen LogP contribution in [0.4, 0.5) is 0 Å². The van der Waals surface area contributed by atoms with Crippen molar-refractivity contribution in [3.8, 4) is 28.6 Å². The van der Waals surface area contributed by atoms with Gasteiger partial charge >= 0.3 is 0 Å². The second-order valence-electron chi connectivity index (χ2n) is 7.62. The van der Waals surface area contributed by atoms with Gasteiger partial charge in [-0.3, -0.25) is 0 Å². The Morgan fingerprint density at radius 1 is 1.06 bits per heavy atom. The van der Waals surface area contributed by atoms with Crippen LogP contribution in [-0.2, 0) is 0 Å². The molecular formula is C25H28N4O4S. The Kier molecular flexibility index (Phi) is 7.02. The van der Waals surface area contributed by atoms with Crippen LogP contribution in [-0.4, -0.2) is 47.5 Å². The normalized spacial score (nSPS) is 15.9. The van der Waals surface area contributed by atoms with Crippen LogP contribution in [0.2, 0.25) is 0 Å². The largest absolute Gasteiger partial charge is 0.494 e. The maximum absolute atomic E-state index is 5.77. The van der Waals surface area contributed by atoms with Gasteiger partial charge in [-0.1, -0.05) is 11.2 Å². The molecule has 1 aromatic heterocycles. The molecule has 1 unspecified atom stereocenters. The topological polar surface area (TPSA) is 81.9 Å². The SMILES string of the molecule is CCOc1ccc(-c2noc(C3=C(C)N(CC)C(=S)NC3c3ccc(OC)c(OC)c3)n2)cc1. The number of methoxy groups -OCH3 is 2. The Morgan fingerprint density at radius 2 is 1.79 bits per heavy atom. The third kappa shape index (κ3) is 4.43. The van der Waals surface area contributed by atoms with Crippen molar-refractivity contribution >= 4 is 22.9 Å². The van der Waals surface area contributed by atoms with Gasteiger partial charge in [0.1, 0.15) is 5.75 Å². The molecule has 0 amide bonds. The quantitative estimate of drug-likeness (QED) is 0.456. The first-order valence-corrected chi connectivity index (χ1v) is 11.5. The van der Waals surface area contributed by atoms with E-state index in [1.165, 1.54) is 0 Å². The van der Waals surface area contributed by atoms with Crippen LogP contribution in [0, 0.1) is 0 Å². The Morgan fingerprint density at radius 3 is 2.44 bits per heavy atom. The van der Waals surface area contributed by atoms with E-state index in [9.17, 15) is 0 Å². The molecule has 0 saturated carbocycles. The lowest BCUT2D eigenvalue weighted by Gasteiger charge is -2.36. The first-order valence-electron chi connectivity index (χ1n) is 11.1. The van der Waals surface area contributed by atoms with Gasteiger partial charge in [0.25, 0.3) is 5.89 Å². The van der Waals surface area contributed by atoms with E-state index < -0.39 is 0 Å². The maximum Gasteiger partial charge on any atom is 0.258 e. The molecule has 4 rings (SSSR count). The van der Waals surface area contributed by atoms with Crippen LogP contribution in [0.1, 0.15) is 38.3 Å². The fourth-order valence-electron chi connectivity index (χ4n) is 4.04. The molecule has 8 nitrogen and oxygen atoms in total. The minimum absolute atomic E-state index is 0.302. The average Bonchev–Trinajstić information content (AvgIpc) is 3.34. The van der Waals surface area contributed by atoms with Gasteiger partial charge in [0.2, 0.25) is 5.82 Å². The number of nitrogens with one attached hydrogen (secondary N) is 1. The molecule has 0 bridgehead atoms. The van der Waals surface area contributed by atoms with Crippen LogP contribution < -0.4 is 19.5 Å². The summed E-state index contributed by atoms with van der Waals surface area (Å²) in [6.07, 6.45) is 0. The molecule has 0 radical (unpaired) electrons. The lowest BCUT2D eigenvalue weighted by Crippen LogP contribution is -2.45. The number of aromatic nitrogens is 2. The lowest BCUT2D eigenvalue weighted by molar-refractivity contribution is 0.340. The molecule has 1 aliphatic rings. The number of thiocarbonyl (C=S) groups is 1. The predicted octanol–water partition coefficient (Wildman–Crippen LogP) is 4.83. The molecule has 0 fully saturated rings. The average molecular weight is 481 g/mol. The summed E-state index contributed by atoms with van der Waals surface area (Å²) >= 11 is 5.65. The highest BCUT2D eigenvalue weighted by Crippen LogP contribution is 2.40. The molecular weight excluding hydrogens is 452 g/mol. The van der Waals surface area contributed by atoms with Crippen molar-refractivity contribution < 1.29 is 18.7 Å². The van der Waals surface area contributed by atoms with Gasteiger partial charge in [-0.15, -0.1) is 0 Å². The fraction of sp³-hybridized carbons (Fsp3) is 0.320. The molecule has 1 N–H and O–H groups in total. The lowest BCUT2D eigenvalue weighted by atomic mass is 9.94. The highest BCUT2D eigenvalue weighted by atomic mass is 32.1. The van der Waals surface area contributed by atoms with Gasteiger partial charge in [-0.25, -0.2) is 0 Å². The van der Waals surface area contributed by atoms with E-state index in [4.69, 9.17) is 35.9 Å². The molecule has 0 saturated heterocycles. The highest BCUT2D eigenvalue weighted by molar-refractivity contribution is 7.80. The second kappa shape index (κ2) is 10.1. The van der Waals surface area contributed by atoms with Gasteiger partial charge in [-0.2, -0.15) is 4.98 Å². The van der Waals surface area contributed by atoms with Crippen LogP contribution in [0.5, 0.6) is 17.2 Å². The molecule has 34 heavy (non-hydrogen) atoms. The van der Waals surface area contributed by atoms with Crippen LogP contribution in [0.3, 0.4) is 0 Å². The zero-order chi connectivity index (χ0) is 24.2. The van der Waals surface area contributed by atoms with E-state index in [0.717, 1.165) is 28.1 Å². The number of benzene rings is 2. The Labute approximate surface area is 204 Å². The maximum atomic E-state index is 5.77. The van der Waals surface area contributed by atoms with Crippen LogP contribution in [0.15, 0.2) is 52.7 Å². The van der Waals surface area contributed by atoms with Crippen molar-refractivity contribution in [2.75, 3.05) is 27.4 Å². The van der Waals surface area contributed by atoms with Crippen molar-refractivity contribution in [3.63, 3.8) is 0 Å². The first-order chi connectivity index (χ1) is 16.5. The molecule has 1 aliphatic heterocycles.